The molecule has 7 heteroatoms. The Kier molecular flexibility index (Phi) is 4.36. The molecule has 0 aliphatic heterocycles. The molecule has 0 amide bonds. The van der Waals surface area contributed by atoms with E-state index in [9.17, 15) is 14.9 Å². The molecule has 1 unspecified atom stereocenters. The maximum atomic E-state index is 11.4. The van der Waals surface area contributed by atoms with Gasteiger partial charge in [-0.25, -0.2) is 4.79 Å². The summed E-state index contributed by atoms with van der Waals surface area (Å²) in [6.45, 7) is 1.21. The lowest BCUT2D eigenvalue weighted by Crippen LogP contribution is -2.40. The van der Waals surface area contributed by atoms with Crippen molar-refractivity contribution in [3.05, 3.63) is 39.4 Å². The number of esters is 1. The van der Waals surface area contributed by atoms with E-state index in [1.165, 1.54) is 6.92 Å². The number of carbonyl (C=O) groups excluding carboxylic acids is 1. The summed E-state index contributed by atoms with van der Waals surface area (Å²) in [5.74, 6) is -0.901. The van der Waals surface area contributed by atoms with Crippen LogP contribution in [0.25, 0.3) is 0 Å². The first-order chi connectivity index (χ1) is 7.90. The Morgan fingerprint density at radius 2 is 2.00 bits per heavy atom. The highest BCUT2D eigenvalue weighted by molar-refractivity contribution is 8.01. The van der Waals surface area contributed by atoms with Gasteiger partial charge in [0.25, 0.3) is 0 Å². The molecule has 0 spiro atoms. The Morgan fingerprint density at radius 3 is 2.41 bits per heavy atom. The quantitative estimate of drug-likeness (QED) is 0.278. The van der Waals surface area contributed by atoms with Gasteiger partial charge < -0.3 is 4.74 Å². The van der Waals surface area contributed by atoms with E-state index in [0.717, 1.165) is 18.9 Å². The molecule has 0 aliphatic carbocycles. The van der Waals surface area contributed by atoms with Crippen molar-refractivity contribution in [1.82, 2.24) is 0 Å². The number of nitrogens with zero attached hydrogens (tertiary/aromatic N) is 1. The SMILES string of the molecule is COC(=O)C(C)(Sc1ccc(Cl)cc1)[N+](=O)[O-]. The van der Waals surface area contributed by atoms with Gasteiger partial charge in [0.15, 0.2) is 0 Å². The van der Waals surface area contributed by atoms with E-state index in [4.69, 9.17) is 11.6 Å². The van der Waals surface area contributed by atoms with Crippen LogP contribution in [-0.4, -0.2) is 22.9 Å². The molecule has 0 aromatic heterocycles. The van der Waals surface area contributed by atoms with Crippen molar-refractivity contribution in [3.8, 4) is 0 Å². The van der Waals surface area contributed by atoms with Gasteiger partial charge in [0, 0.05) is 21.8 Å². The predicted molar refractivity (Wildman–Crippen MR) is 64.7 cm³/mol. The van der Waals surface area contributed by atoms with Crippen molar-refractivity contribution in [1.29, 1.82) is 0 Å². The van der Waals surface area contributed by atoms with Gasteiger partial charge >= 0.3 is 10.8 Å². The van der Waals surface area contributed by atoms with Crippen LogP contribution in [0, 0.1) is 10.1 Å². The van der Waals surface area contributed by atoms with Gasteiger partial charge in [0.2, 0.25) is 0 Å². The van der Waals surface area contributed by atoms with E-state index >= 15 is 0 Å². The molecule has 0 saturated heterocycles. The van der Waals surface area contributed by atoms with Crippen LogP contribution in [0.3, 0.4) is 0 Å². The molecule has 0 heterocycles. The van der Waals surface area contributed by atoms with Gasteiger partial charge in [-0.3, -0.25) is 10.1 Å². The largest absolute Gasteiger partial charge is 0.463 e. The lowest BCUT2D eigenvalue weighted by molar-refractivity contribution is -0.520. The van der Waals surface area contributed by atoms with Crippen LogP contribution in [0.4, 0.5) is 0 Å². The number of ether oxygens (including phenoxy) is 1. The second-order valence-electron chi connectivity index (χ2n) is 3.29. The van der Waals surface area contributed by atoms with Gasteiger partial charge in [0.1, 0.15) is 0 Å². The highest BCUT2D eigenvalue weighted by atomic mass is 35.5. The number of carbonyl (C=O) groups is 1. The predicted octanol–water partition coefficient (Wildman–Crippen LogP) is 2.60. The fourth-order valence-corrected chi connectivity index (χ4v) is 2.17. The van der Waals surface area contributed by atoms with Crippen molar-refractivity contribution >= 4 is 29.3 Å². The summed E-state index contributed by atoms with van der Waals surface area (Å²) in [6, 6.07) is 6.42. The topological polar surface area (TPSA) is 69.4 Å². The minimum Gasteiger partial charge on any atom is -0.463 e. The zero-order valence-corrected chi connectivity index (χ0v) is 10.7. The molecule has 5 nitrogen and oxygen atoms in total. The minimum absolute atomic E-state index is 0.523. The summed E-state index contributed by atoms with van der Waals surface area (Å²) in [7, 11) is 1.12. The summed E-state index contributed by atoms with van der Waals surface area (Å²) in [6.07, 6.45) is 0. The summed E-state index contributed by atoms with van der Waals surface area (Å²) >= 11 is 6.51. The van der Waals surface area contributed by atoms with Gasteiger partial charge in [-0.1, -0.05) is 11.6 Å². The number of rotatable bonds is 4. The number of thioether (sulfide) groups is 1. The molecule has 1 aromatic rings. The fourth-order valence-electron chi connectivity index (χ4n) is 1.07. The normalized spacial score (nSPS) is 13.8. The lowest BCUT2D eigenvalue weighted by atomic mass is 10.3. The average Bonchev–Trinajstić information content (AvgIpc) is 2.30. The first-order valence-corrected chi connectivity index (χ1v) is 5.77. The van der Waals surface area contributed by atoms with Crippen molar-refractivity contribution in [2.45, 2.75) is 16.7 Å². The van der Waals surface area contributed by atoms with Crippen LogP contribution in [-0.2, 0) is 9.53 Å². The smallest absolute Gasteiger partial charge is 0.395 e. The first kappa shape index (κ1) is 13.8. The molecule has 92 valence electrons. The van der Waals surface area contributed by atoms with Crippen LogP contribution in [0.1, 0.15) is 6.92 Å². The highest BCUT2D eigenvalue weighted by Crippen LogP contribution is 2.34. The van der Waals surface area contributed by atoms with E-state index in [-0.39, 0.29) is 0 Å². The molecule has 17 heavy (non-hydrogen) atoms. The Labute approximate surface area is 107 Å². The molecule has 1 atom stereocenters. The molecule has 0 bridgehead atoms. The number of hydrogen-bond acceptors (Lipinski definition) is 5. The molecule has 0 N–H and O–H groups in total. The summed E-state index contributed by atoms with van der Waals surface area (Å²) < 4.78 is 4.45. The average molecular weight is 276 g/mol. The van der Waals surface area contributed by atoms with E-state index in [1.807, 2.05) is 0 Å². The third kappa shape index (κ3) is 3.10. The van der Waals surface area contributed by atoms with Gasteiger partial charge in [0.05, 0.1) is 7.11 Å². The number of nitro groups is 1. The summed E-state index contributed by atoms with van der Waals surface area (Å²) in [4.78, 5) is 20.4. The second kappa shape index (κ2) is 5.37. The zero-order chi connectivity index (χ0) is 13.1. The van der Waals surface area contributed by atoms with Gasteiger partial charge in [-0.15, -0.1) is 0 Å². The number of hydrogen-bond donors (Lipinski definition) is 0. The Hall–Kier alpha value is -1.27. The third-order valence-corrected chi connectivity index (χ3v) is 3.52. The lowest BCUT2D eigenvalue weighted by Gasteiger charge is -2.17. The third-order valence-electron chi connectivity index (χ3n) is 2.04. The van der Waals surface area contributed by atoms with Gasteiger partial charge in [-0.05, 0) is 36.0 Å². The standard InChI is InChI=1S/C10H10ClNO4S/c1-10(12(14)15,9(13)16-2)17-8-5-3-7(11)4-6-8/h3-6H,1-2H3. The molecule has 0 radical (unpaired) electrons. The van der Waals surface area contributed by atoms with Crippen LogP contribution < -0.4 is 0 Å². The summed E-state index contributed by atoms with van der Waals surface area (Å²) in [5, 5.41) is 11.5. The monoisotopic (exact) mass is 275 g/mol. The molecule has 0 fully saturated rings. The zero-order valence-electron chi connectivity index (χ0n) is 9.18. The molecular formula is C10H10ClNO4S. The highest BCUT2D eigenvalue weighted by Gasteiger charge is 2.48. The fraction of sp³-hybridized carbons (Fsp3) is 0.300. The number of halogens is 1. The maximum absolute atomic E-state index is 11.4. The molecule has 1 rings (SSSR count). The molecular weight excluding hydrogens is 266 g/mol. The van der Waals surface area contributed by atoms with E-state index < -0.39 is 15.8 Å². The molecule has 0 aliphatic rings. The van der Waals surface area contributed by atoms with Crippen molar-refractivity contribution < 1.29 is 14.5 Å². The molecule has 1 aromatic carbocycles. The Balaban J connectivity index is 2.99. The number of benzene rings is 1. The van der Waals surface area contributed by atoms with Crippen molar-refractivity contribution in [3.63, 3.8) is 0 Å². The molecule has 0 saturated carbocycles. The van der Waals surface area contributed by atoms with Crippen LogP contribution in [0.2, 0.25) is 5.02 Å². The summed E-state index contributed by atoms with van der Waals surface area (Å²) in [5.41, 5.74) is 0. The maximum Gasteiger partial charge on any atom is 0.395 e. The minimum atomic E-state index is -1.86. The van der Waals surface area contributed by atoms with Crippen LogP contribution >= 0.6 is 23.4 Å². The van der Waals surface area contributed by atoms with Crippen LogP contribution in [0.15, 0.2) is 29.2 Å². The van der Waals surface area contributed by atoms with Crippen molar-refractivity contribution in [2.24, 2.45) is 0 Å². The van der Waals surface area contributed by atoms with Crippen molar-refractivity contribution in [2.75, 3.05) is 7.11 Å². The van der Waals surface area contributed by atoms with Crippen LogP contribution in [0.5, 0.6) is 0 Å². The van der Waals surface area contributed by atoms with E-state index in [1.54, 1.807) is 24.3 Å². The Bertz CT molecular complexity index is 436. The van der Waals surface area contributed by atoms with E-state index in [2.05, 4.69) is 4.74 Å². The number of methoxy groups -OCH3 is 1. The van der Waals surface area contributed by atoms with Gasteiger partial charge in [-0.2, -0.15) is 0 Å². The second-order valence-corrected chi connectivity index (χ2v) is 5.19. The van der Waals surface area contributed by atoms with E-state index in [0.29, 0.717) is 9.92 Å². The Morgan fingerprint density at radius 1 is 1.47 bits per heavy atom. The first-order valence-electron chi connectivity index (χ1n) is 4.57.